The van der Waals surface area contributed by atoms with Gasteiger partial charge in [-0.25, -0.2) is 0 Å². The molecule has 1 saturated heterocycles. The topological polar surface area (TPSA) is 82.1 Å². The smallest absolute Gasteiger partial charge is 0.328 e. The summed E-state index contributed by atoms with van der Waals surface area (Å²) in [6, 6.07) is 0. The molecule has 2 atom stereocenters. The van der Waals surface area contributed by atoms with E-state index in [1.807, 2.05) is 0 Å². The number of aliphatic carboxylic acids is 1. The van der Waals surface area contributed by atoms with Crippen LogP contribution in [-0.2, 0) is 23.8 Å². The van der Waals surface area contributed by atoms with E-state index in [4.69, 9.17) is 19.3 Å². The minimum atomic E-state index is -1.36. The van der Waals surface area contributed by atoms with Crippen LogP contribution >= 0.6 is 15.9 Å². The number of carboxylic acid groups (broad SMARTS) is 1. The van der Waals surface area contributed by atoms with Crippen molar-refractivity contribution >= 4 is 27.9 Å². The molecule has 0 amide bonds. The highest BCUT2D eigenvalue weighted by atomic mass is 79.9. The Morgan fingerprint density at radius 1 is 1.47 bits per heavy atom. The summed E-state index contributed by atoms with van der Waals surface area (Å²) in [5.41, 5.74) is 0. The maximum absolute atomic E-state index is 12.3. The molecule has 1 aliphatic heterocycles. The van der Waals surface area contributed by atoms with Crippen LogP contribution in [0.15, 0.2) is 0 Å². The SMILES string of the molecule is CCOC(=O)[C@@](Br)([C@@H](C)CC(=O)O)C1(C)OCCO1. The Kier molecular flexibility index (Phi) is 5.34. The van der Waals surface area contributed by atoms with Crippen molar-refractivity contribution in [1.82, 2.24) is 0 Å². The van der Waals surface area contributed by atoms with Crippen LogP contribution in [0.5, 0.6) is 0 Å². The summed E-state index contributed by atoms with van der Waals surface area (Å²) in [5.74, 6) is -3.38. The second-order valence-electron chi connectivity index (χ2n) is 4.57. The van der Waals surface area contributed by atoms with Crippen molar-refractivity contribution in [3.05, 3.63) is 0 Å². The van der Waals surface area contributed by atoms with Crippen molar-refractivity contribution in [1.29, 1.82) is 0 Å². The molecule has 1 N–H and O–H groups in total. The number of carbonyl (C=O) groups excluding carboxylic acids is 1. The number of rotatable bonds is 6. The van der Waals surface area contributed by atoms with Gasteiger partial charge in [-0.1, -0.05) is 22.9 Å². The first-order chi connectivity index (χ1) is 8.78. The van der Waals surface area contributed by atoms with Gasteiger partial charge in [-0.15, -0.1) is 0 Å². The van der Waals surface area contributed by atoms with Gasteiger partial charge in [-0.05, 0) is 19.8 Å². The van der Waals surface area contributed by atoms with Crippen molar-refractivity contribution in [2.45, 2.75) is 37.3 Å². The molecule has 7 heteroatoms. The third-order valence-electron chi connectivity index (χ3n) is 3.23. The molecule has 0 unspecified atom stereocenters. The van der Waals surface area contributed by atoms with Crippen molar-refractivity contribution in [3.8, 4) is 0 Å². The van der Waals surface area contributed by atoms with Gasteiger partial charge in [0, 0.05) is 0 Å². The predicted octanol–water partition coefficient (Wildman–Crippen LogP) is 1.56. The summed E-state index contributed by atoms with van der Waals surface area (Å²) in [7, 11) is 0. The van der Waals surface area contributed by atoms with Crippen LogP contribution in [-0.4, -0.2) is 47.0 Å². The summed E-state index contributed by atoms with van der Waals surface area (Å²) < 4.78 is 14.7. The molecular formula is C12H19BrO6. The van der Waals surface area contributed by atoms with Crippen molar-refractivity contribution in [2.24, 2.45) is 5.92 Å². The van der Waals surface area contributed by atoms with E-state index in [2.05, 4.69) is 15.9 Å². The van der Waals surface area contributed by atoms with Crippen LogP contribution in [0.4, 0.5) is 0 Å². The minimum absolute atomic E-state index is 0.196. The quantitative estimate of drug-likeness (QED) is 0.584. The van der Waals surface area contributed by atoms with Crippen LogP contribution in [0, 0.1) is 5.92 Å². The average Bonchev–Trinajstić information content (AvgIpc) is 2.75. The molecule has 0 aromatic carbocycles. The zero-order valence-corrected chi connectivity index (χ0v) is 12.9. The first kappa shape index (κ1) is 16.4. The number of esters is 1. The summed E-state index contributed by atoms with van der Waals surface area (Å²) >= 11 is 3.34. The van der Waals surface area contributed by atoms with Gasteiger partial charge in [0.15, 0.2) is 10.1 Å². The zero-order valence-electron chi connectivity index (χ0n) is 11.3. The number of ether oxygens (including phenoxy) is 3. The van der Waals surface area contributed by atoms with E-state index in [1.54, 1.807) is 20.8 Å². The van der Waals surface area contributed by atoms with Gasteiger partial charge < -0.3 is 19.3 Å². The highest BCUT2D eigenvalue weighted by Gasteiger charge is 2.60. The predicted molar refractivity (Wildman–Crippen MR) is 70.0 cm³/mol. The Balaban J connectivity index is 3.08. The van der Waals surface area contributed by atoms with Crippen molar-refractivity contribution < 1.29 is 28.9 Å². The highest BCUT2D eigenvalue weighted by Crippen LogP contribution is 2.45. The number of alkyl halides is 1. The third kappa shape index (κ3) is 3.09. The zero-order chi connectivity index (χ0) is 14.7. The van der Waals surface area contributed by atoms with Crippen LogP contribution in [0.1, 0.15) is 27.2 Å². The Hall–Kier alpha value is -0.660. The minimum Gasteiger partial charge on any atom is -0.481 e. The Morgan fingerprint density at radius 2 is 2.00 bits per heavy atom. The Labute approximate surface area is 120 Å². The number of hydrogen-bond donors (Lipinski definition) is 1. The Morgan fingerprint density at radius 3 is 2.42 bits per heavy atom. The standard InChI is InChI=1S/C12H19BrO6/c1-4-17-10(16)12(13,8(2)7-9(14)15)11(3)18-5-6-19-11/h8H,4-7H2,1-3H3,(H,14,15)/t8-,12-/m0/s1. The van der Waals surface area contributed by atoms with Gasteiger partial charge in [-0.2, -0.15) is 0 Å². The molecule has 0 aromatic rings. The number of hydrogen-bond acceptors (Lipinski definition) is 5. The molecule has 0 saturated carbocycles. The van der Waals surface area contributed by atoms with E-state index in [-0.39, 0.29) is 13.0 Å². The average molecular weight is 339 g/mol. The van der Waals surface area contributed by atoms with E-state index < -0.39 is 28.0 Å². The molecule has 0 radical (unpaired) electrons. The van der Waals surface area contributed by atoms with E-state index >= 15 is 0 Å². The summed E-state index contributed by atoms with van der Waals surface area (Å²) in [4.78, 5) is 23.2. The molecule has 1 rings (SSSR count). The maximum Gasteiger partial charge on any atom is 0.328 e. The monoisotopic (exact) mass is 338 g/mol. The molecule has 0 aliphatic carbocycles. The molecule has 110 valence electrons. The van der Waals surface area contributed by atoms with Crippen LogP contribution in [0.3, 0.4) is 0 Å². The van der Waals surface area contributed by atoms with E-state index in [1.165, 1.54) is 0 Å². The first-order valence-corrected chi connectivity index (χ1v) is 6.93. The molecule has 1 aliphatic rings. The van der Waals surface area contributed by atoms with Gasteiger partial charge in [0.25, 0.3) is 0 Å². The molecule has 0 bridgehead atoms. The Bertz CT molecular complexity index is 352. The fourth-order valence-corrected chi connectivity index (χ4v) is 2.70. The van der Waals surface area contributed by atoms with E-state index in [0.717, 1.165) is 0 Å². The lowest BCUT2D eigenvalue weighted by molar-refractivity contribution is -0.196. The van der Waals surface area contributed by atoms with Crippen LogP contribution in [0.25, 0.3) is 0 Å². The molecule has 0 spiro atoms. The maximum atomic E-state index is 12.3. The number of carboxylic acids is 1. The molecular weight excluding hydrogens is 320 g/mol. The molecule has 0 aromatic heterocycles. The van der Waals surface area contributed by atoms with Crippen LogP contribution < -0.4 is 0 Å². The number of halogens is 1. The highest BCUT2D eigenvalue weighted by molar-refractivity contribution is 9.10. The normalized spacial score (nSPS) is 22.5. The van der Waals surface area contributed by atoms with Gasteiger partial charge in [0.05, 0.1) is 26.2 Å². The van der Waals surface area contributed by atoms with Gasteiger partial charge in [-0.3, -0.25) is 9.59 Å². The first-order valence-electron chi connectivity index (χ1n) is 6.13. The molecule has 19 heavy (non-hydrogen) atoms. The van der Waals surface area contributed by atoms with E-state index in [9.17, 15) is 9.59 Å². The second kappa shape index (κ2) is 6.19. The fraction of sp³-hybridized carbons (Fsp3) is 0.833. The second-order valence-corrected chi connectivity index (χ2v) is 5.82. The van der Waals surface area contributed by atoms with Crippen molar-refractivity contribution in [2.75, 3.05) is 19.8 Å². The third-order valence-corrected chi connectivity index (χ3v) is 5.06. The molecule has 1 fully saturated rings. The van der Waals surface area contributed by atoms with Gasteiger partial charge in [0.2, 0.25) is 0 Å². The molecule has 1 heterocycles. The lowest BCUT2D eigenvalue weighted by Crippen LogP contribution is -2.58. The summed E-state index contributed by atoms with van der Waals surface area (Å²) in [5, 5.41) is 8.93. The fourth-order valence-electron chi connectivity index (χ4n) is 2.20. The largest absolute Gasteiger partial charge is 0.481 e. The lowest BCUT2D eigenvalue weighted by Gasteiger charge is -2.41. The lowest BCUT2D eigenvalue weighted by atomic mass is 9.84. The van der Waals surface area contributed by atoms with E-state index in [0.29, 0.717) is 13.2 Å². The van der Waals surface area contributed by atoms with Crippen molar-refractivity contribution in [3.63, 3.8) is 0 Å². The van der Waals surface area contributed by atoms with Gasteiger partial charge in [0.1, 0.15) is 0 Å². The summed E-state index contributed by atoms with van der Waals surface area (Å²) in [6.07, 6.45) is -0.202. The summed E-state index contributed by atoms with van der Waals surface area (Å²) in [6.45, 7) is 5.85. The number of carbonyl (C=O) groups is 2. The van der Waals surface area contributed by atoms with Gasteiger partial charge >= 0.3 is 11.9 Å². The van der Waals surface area contributed by atoms with Crippen LogP contribution in [0.2, 0.25) is 0 Å². The molecule has 6 nitrogen and oxygen atoms in total.